The van der Waals surface area contributed by atoms with Crippen molar-refractivity contribution in [2.75, 3.05) is 19.9 Å². The van der Waals surface area contributed by atoms with Gasteiger partial charge in [-0.3, -0.25) is 0 Å². The van der Waals surface area contributed by atoms with E-state index in [1.165, 1.54) is 0 Å². The number of hydrogen-bond donors (Lipinski definition) is 1. The fourth-order valence-corrected chi connectivity index (χ4v) is 3.53. The molecule has 4 rings (SSSR count). The molecule has 29 heavy (non-hydrogen) atoms. The van der Waals surface area contributed by atoms with Crippen molar-refractivity contribution in [3.63, 3.8) is 0 Å². The summed E-state index contributed by atoms with van der Waals surface area (Å²) in [6, 6.07) is 13.1. The van der Waals surface area contributed by atoms with E-state index in [9.17, 15) is 4.79 Å². The SMILES string of the molecule is CCNC(=O)N(Cc1ccccc1Cl)C[C@@H]1CC(c2ccc3c(c2)OCO3)=NO1. The third-order valence-corrected chi connectivity index (χ3v) is 5.17. The molecule has 0 unspecified atom stereocenters. The van der Waals surface area contributed by atoms with Crippen LogP contribution >= 0.6 is 11.6 Å². The second-order valence-corrected chi connectivity index (χ2v) is 7.25. The summed E-state index contributed by atoms with van der Waals surface area (Å²) in [4.78, 5) is 19.9. The maximum absolute atomic E-state index is 12.6. The Morgan fingerprint density at radius 2 is 2.07 bits per heavy atom. The number of rotatable bonds is 6. The Bertz CT molecular complexity index is 934. The van der Waals surface area contributed by atoms with Crippen molar-refractivity contribution in [1.82, 2.24) is 10.2 Å². The van der Waals surface area contributed by atoms with Crippen LogP contribution in [0.2, 0.25) is 5.02 Å². The van der Waals surface area contributed by atoms with Crippen molar-refractivity contribution in [1.29, 1.82) is 0 Å². The number of amides is 2. The number of urea groups is 1. The molecule has 1 atom stereocenters. The van der Waals surface area contributed by atoms with Gasteiger partial charge < -0.3 is 24.5 Å². The fourth-order valence-electron chi connectivity index (χ4n) is 3.33. The topological polar surface area (TPSA) is 72.4 Å². The third-order valence-electron chi connectivity index (χ3n) is 4.80. The summed E-state index contributed by atoms with van der Waals surface area (Å²) in [6.07, 6.45) is 0.360. The van der Waals surface area contributed by atoms with Crippen molar-refractivity contribution < 1.29 is 19.1 Å². The zero-order valence-electron chi connectivity index (χ0n) is 16.1. The molecule has 0 aromatic heterocycles. The molecule has 2 aliphatic rings. The Morgan fingerprint density at radius 3 is 2.90 bits per heavy atom. The average Bonchev–Trinajstić information content (AvgIpc) is 3.38. The maximum Gasteiger partial charge on any atom is 0.317 e. The Morgan fingerprint density at radius 1 is 1.24 bits per heavy atom. The van der Waals surface area contributed by atoms with Crippen molar-refractivity contribution in [2.45, 2.75) is 26.0 Å². The number of hydrogen-bond acceptors (Lipinski definition) is 5. The molecule has 0 spiro atoms. The van der Waals surface area contributed by atoms with E-state index in [2.05, 4.69) is 10.5 Å². The van der Waals surface area contributed by atoms with E-state index in [-0.39, 0.29) is 18.9 Å². The van der Waals surface area contributed by atoms with Gasteiger partial charge in [-0.1, -0.05) is 35.0 Å². The minimum atomic E-state index is -0.236. The number of carbonyl (C=O) groups excluding carboxylic acids is 1. The highest BCUT2D eigenvalue weighted by atomic mass is 35.5. The first-order chi connectivity index (χ1) is 14.1. The zero-order valence-corrected chi connectivity index (χ0v) is 16.8. The molecular weight excluding hydrogens is 394 g/mol. The van der Waals surface area contributed by atoms with Crippen LogP contribution in [0.5, 0.6) is 11.5 Å². The van der Waals surface area contributed by atoms with Gasteiger partial charge in [0.1, 0.15) is 0 Å². The van der Waals surface area contributed by atoms with E-state index in [1.807, 2.05) is 49.4 Å². The minimum absolute atomic E-state index is 0.160. The highest BCUT2D eigenvalue weighted by molar-refractivity contribution is 6.31. The smallest absolute Gasteiger partial charge is 0.317 e. The Hall–Kier alpha value is -2.93. The highest BCUT2D eigenvalue weighted by Gasteiger charge is 2.28. The Kier molecular flexibility index (Phi) is 5.76. The molecule has 0 saturated carbocycles. The number of nitrogens with zero attached hydrogens (tertiary/aromatic N) is 2. The molecule has 0 saturated heterocycles. The molecule has 0 fully saturated rings. The van der Waals surface area contributed by atoms with E-state index in [1.54, 1.807) is 4.90 Å². The van der Waals surface area contributed by atoms with Crippen molar-refractivity contribution in [3.8, 4) is 11.5 Å². The fraction of sp³-hybridized carbons (Fsp3) is 0.333. The van der Waals surface area contributed by atoms with Gasteiger partial charge >= 0.3 is 6.03 Å². The van der Waals surface area contributed by atoms with Gasteiger partial charge in [0.05, 0.1) is 12.3 Å². The quantitative estimate of drug-likeness (QED) is 0.779. The van der Waals surface area contributed by atoms with Crippen LogP contribution in [0.3, 0.4) is 0 Å². The predicted octanol–water partition coefficient (Wildman–Crippen LogP) is 3.79. The van der Waals surface area contributed by atoms with E-state index < -0.39 is 0 Å². The van der Waals surface area contributed by atoms with Crippen molar-refractivity contribution in [2.24, 2.45) is 5.16 Å². The standard InChI is InChI=1S/C21H22ClN3O4/c1-2-23-21(26)25(11-15-5-3-4-6-17(15)22)12-16-10-18(24-29-16)14-7-8-19-20(9-14)28-13-27-19/h3-9,16H,2,10-13H2,1H3,(H,23,26)/t16-/m0/s1. The summed E-state index contributed by atoms with van der Waals surface area (Å²) < 4.78 is 10.8. The highest BCUT2D eigenvalue weighted by Crippen LogP contribution is 2.33. The lowest BCUT2D eigenvalue weighted by Crippen LogP contribution is -2.43. The normalized spacial score (nSPS) is 16.9. The summed E-state index contributed by atoms with van der Waals surface area (Å²) in [5.41, 5.74) is 2.63. The zero-order chi connectivity index (χ0) is 20.2. The first-order valence-electron chi connectivity index (χ1n) is 9.53. The lowest BCUT2D eigenvalue weighted by atomic mass is 10.0. The van der Waals surface area contributed by atoms with Crippen LogP contribution < -0.4 is 14.8 Å². The molecule has 0 aliphatic carbocycles. The summed E-state index contributed by atoms with van der Waals surface area (Å²) in [5, 5.41) is 7.71. The molecule has 1 N–H and O–H groups in total. The second kappa shape index (κ2) is 8.61. The van der Waals surface area contributed by atoms with Crippen LogP contribution in [-0.2, 0) is 11.4 Å². The first kappa shape index (κ1) is 19.4. The molecule has 2 aliphatic heterocycles. The maximum atomic E-state index is 12.6. The van der Waals surface area contributed by atoms with Gasteiger partial charge in [0.2, 0.25) is 6.79 Å². The summed E-state index contributed by atoms with van der Waals surface area (Å²) in [7, 11) is 0. The molecule has 2 heterocycles. The minimum Gasteiger partial charge on any atom is -0.454 e. The molecule has 8 heteroatoms. The number of halogens is 1. The van der Waals surface area contributed by atoms with Crippen molar-refractivity contribution >= 4 is 23.3 Å². The van der Waals surface area contributed by atoms with Gasteiger partial charge in [0, 0.05) is 30.1 Å². The van der Waals surface area contributed by atoms with Gasteiger partial charge in [0.15, 0.2) is 17.6 Å². The van der Waals surface area contributed by atoms with Gasteiger partial charge in [-0.25, -0.2) is 4.79 Å². The average molecular weight is 416 g/mol. The molecule has 0 bridgehead atoms. The molecule has 2 aromatic rings. The lowest BCUT2D eigenvalue weighted by molar-refractivity contribution is 0.0590. The van der Waals surface area contributed by atoms with Gasteiger partial charge in [-0.2, -0.15) is 0 Å². The lowest BCUT2D eigenvalue weighted by Gasteiger charge is -2.25. The summed E-state index contributed by atoms with van der Waals surface area (Å²) in [5.74, 6) is 1.43. The number of oxime groups is 1. The van der Waals surface area contributed by atoms with Gasteiger partial charge in [0.25, 0.3) is 0 Å². The van der Waals surface area contributed by atoms with Crippen molar-refractivity contribution in [3.05, 3.63) is 58.6 Å². The molecule has 2 amide bonds. The Labute approximate surface area is 174 Å². The van der Waals surface area contributed by atoms with Gasteiger partial charge in [-0.15, -0.1) is 0 Å². The van der Waals surface area contributed by atoms with E-state index in [0.717, 1.165) is 22.6 Å². The first-order valence-corrected chi connectivity index (χ1v) is 9.90. The van der Waals surface area contributed by atoms with E-state index in [4.69, 9.17) is 25.9 Å². The Balaban J connectivity index is 1.43. The monoisotopic (exact) mass is 415 g/mol. The largest absolute Gasteiger partial charge is 0.454 e. The van der Waals surface area contributed by atoms with Crippen LogP contribution in [-0.4, -0.2) is 42.6 Å². The van der Waals surface area contributed by atoms with E-state index >= 15 is 0 Å². The summed E-state index contributed by atoms with van der Waals surface area (Å²) >= 11 is 6.28. The van der Waals surface area contributed by atoms with Crippen LogP contribution in [0.1, 0.15) is 24.5 Å². The summed E-state index contributed by atoms with van der Waals surface area (Å²) in [6.45, 7) is 3.45. The van der Waals surface area contributed by atoms with Crippen LogP contribution in [0.4, 0.5) is 4.79 Å². The molecular formula is C21H22ClN3O4. The second-order valence-electron chi connectivity index (χ2n) is 6.84. The third kappa shape index (κ3) is 4.40. The number of ether oxygens (including phenoxy) is 2. The molecule has 7 nitrogen and oxygen atoms in total. The van der Waals surface area contributed by atoms with Gasteiger partial charge in [-0.05, 0) is 36.8 Å². The molecule has 152 valence electrons. The number of nitrogens with one attached hydrogen (secondary N) is 1. The van der Waals surface area contributed by atoms with Crippen LogP contribution in [0.25, 0.3) is 0 Å². The molecule has 0 radical (unpaired) electrons. The van der Waals surface area contributed by atoms with Crippen LogP contribution in [0, 0.1) is 0 Å². The number of benzene rings is 2. The predicted molar refractivity (Wildman–Crippen MR) is 110 cm³/mol. The number of fused-ring (bicyclic) bond motifs is 1. The van der Waals surface area contributed by atoms with E-state index in [0.29, 0.717) is 36.8 Å². The van der Waals surface area contributed by atoms with Crippen LogP contribution in [0.15, 0.2) is 47.6 Å². The number of carbonyl (C=O) groups is 1. The molecule has 2 aromatic carbocycles.